The van der Waals surface area contributed by atoms with Crippen LogP contribution in [0.5, 0.6) is 0 Å². The summed E-state index contributed by atoms with van der Waals surface area (Å²) in [6.07, 6.45) is 3.52. The van der Waals surface area contributed by atoms with E-state index in [1.807, 2.05) is 13.8 Å². The highest BCUT2D eigenvalue weighted by molar-refractivity contribution is 5.30. The molecule has 0 spiro atoms. The summed E-state index contributed by atoms with van der Waals surface area (Å²) in [6, 6.07) is 0.653. The summed E-state index contributed by atoms with van der Waals surface area (Å²) < 4.78 is 0. The van der Waals surface area contributed by atoms with Gasteiger partial charge in [-0.15, -0.1) is 5.10 Å². The van der Waals surface area contributed by atoms with Gasteiger partial charge in [-0.25, -0.2) is 4.98 Å². The van der Waals surface area contributed by atoms with Gasteiger partial charge in [-0.2, -0.15) is 5.10 Å². The van der Waals surface area contributed by atoms with E-state index in [9.17, 15) is 0 Å². The molecule has 0 aliphatic carbocycles. The molecule has 18 heavy (non-hydrogen) atoms. The number of aryl methyl sites for hydroxylation is 2. The Morgan fingerprint density at radius 3 is 2.50 bits per heavy atom. The number of rotatable bonds is 4. The van der Waals surface area contributed by atoms with Crippen LogP contribution in [0.2, 0.25) is 0 Å². The average Bonchev–Trinajstić information content (AvgIpc) is 2.40. The zero-order valence-corrected chi connectivity index (χ0v) is 11.6. The van der Waals surface area contributed by atoms with Gasteiger partial charge in [0.1, 0.15) is 0 Å². The van der Waals surface area contributed by atoms with Gasteiger partial charge in [0.2, 0.25) is 5.95 Å². The highest BCUT2D eigenvalue weighted by atomic mass is 15.3. The first kappa shape index (κ1) is 13.2. The Labute approximate surface area is 109 Å². The van der Waals surface area contributed by atoms with Crippen molar-refractivity contribution in [3.8, 4) is 0 Å². The van der Waals surface area contributed by atoms with Crippen LogP contribution < -0.4 is 10.2 Å². The van der Waals surface area contributed by atoms with Crippen LogP contribution in [0.1, 0.15) is 37.6 Å². The van der Waals surface area contributed by atoms with Crippen molar-refractivity contribution >= 4 is 5.95 Å². The zero-order valence-electron chi connectivity index (χ0n) is 11.6. The van der Waals surface area contributed by atoms with Gasteiger partial charge in [0.05, 0.1) is 11.4 Å². The number of nitrogens with one attached hydrogen (secondary N) is 1. The summed E-state index contributed by atoms with van der Waals surface area (Å²) in [4.78, 5) is 6.76. The summed E-state index contributed by atoms with van der Waals surface area (Å²) >= 11 is 0. The predicted octanol–water partition coefficient (Wildman–Crippen LogP) is 1.46. The van der Waals surface area contributed by atoms with Gasteiger partial charge in [0.25, 0.3) is 0 Å². The first-order chi connectivity index (χ1) is 8.70. The SMILES string of the molecule is CCCNC1CCN(c2nnc(C)c(C)n2)CC1. The Balaban J connectivity index is 1.90. The molecule has 1 fully saturated rings. The minimum Gasteiger partial charge on any atom is -0.339 e. The fourth-order valence-corrected chi connectivity index (χ4v) is 2.21. The molecule has 0 amide bonds. The maximum absolute atomic E-state index is 4.52. The third-order valence-corrected chi connectivity index (χ3v) is 3.54. The van der Waals surface area contributed by atoms with Crippen molar-refractivity contribution < 1.29 is 0 Å². The Kier molecular flexibility index (Phi) is 4.47. The second-order valence-corrected chi connectivity index (χ2v) is 5.00. The smallest absolute Gasteiger partial charge is 0.245 e. The summed E-state index contributed by atoms with van der Waals surface area (Å²) in [5.41, 5.74) is 1.89. The van der Waals surface area contributed by atoms with Gasteiger partial charge < -0.3 is 10.2 Å². The first-order valence-electron chi connectivity index (χ1n) is 6.87. The van der Waals surface area contributed by atoms with E-state index < -0.39 is 0 Å². The Hall–Kier alpha value is -1.23. The normalized spacial score (nSPS) is 17.2. The Morgan fingerprint density at radius 2 is 1.89 bits per heavy atom. The van der Waals surface area contributed by atoms with Gasteiger partial charge in [0, 0.05) is 19.1 Å². The molecule has 1 aromatic rings. The van der Waals surface area contributed by atoms with E-state index in [-0.39, 0.29) is 0 Å². The second-order valence-electron chi connectivity index (χ2n) is 5.00. The molecular formula is C13H23N5. The average molecular weight is 249 g/mol. The van der Waals surface area contributed by atoms with Crippen LogP contribution in [-0.4, -0.2) is 40.9 Å². The predicted molar refractivity (Wildman–Crippen MR) is 72.8 cm³/mol. The molecule has 100 valence electrons. The molecule has 1 saturated heterocycles. The fourth-order valence-electron chi connectivity index (χ4n) is 2.21. The molecular weight excluding hydrogens is 226 g/mol. The minimum absolute atomic E-state index is 0.653. The monoisotopic (exact) mass is 249 g/mol. The lowest BCUT2D eigenvalue weighted by atomic mass is 10.1. The summed E-state index contributed by atoms with van der Waals surface area (Å²) in [5, 5.41) is 11.9. The maximum Gasteiger partial charge on any atom is 0.245 e. The molecule has 0 saturated carbocycles. The van der Waals surface area contributed by atoms with Gasteiger partial charge in [-0.3, -0.25) is 0 Å². The second kappa shape index (κ2) is 6.09. The number of nitrogens with zero attached hydrogens (tertiary/aromatic N) is 4. The van der Waals surface area contributed by atoms with Crippen molar-refractivity contribution in [2.24, 2.45) is 0 Å². The Morgan fingerprint density at radius 1 is 1.17 bits per heavy atom. The van der Waals surface area contributed by atoms with Crippen molar-refractivity contribution in [3.05, 3.63) is 11.4 Å². The minimum atomic E-state index is 0.653. The largest absolute Gasteiger partial charge is 0.339 e. The standard InChI is InChI=1S/C13H23N5/c1-4-7-14-12-5-8-18(9-6-12)13-15-10(2)11(3)16-17-13/h12,14H,4-9H2,1-3H3. The molecule has 1 aliphatic rings. The van der Waals surface area contributed by atoms with Crippen LogP contribution in [0.25, 0.3) is 0 Å². The lowest BCUT2D eigenvalue weighted by Gasteiger charge is -2.32. The summed E-state index contributed by atoms with van der Waals surface area (Å²) in [7, 11) is 0. The van der Waals surface area contributed by atoms with Crippen LogP contribution in [0.15, 0.2) is 0 Å². The quantitative estimate of drug-likeness (QED) is 0.875. The molecule has 1 aliphatic heterocycles. The number of hydrogen-bond acceptors (Lipinski definition) is 5. The van der Waals surface area contributed by atoms with Crippen LogP contribution in [-0.2, 0) is 0 Å². The van der Waals surface area contributed by atoms with E-state index in [1.54, 1.807) is 0 Å². The zero-order chi connectivity index (χ0) is 13.0. The number of piperidine rings is 1. The number of aromatic nitrogens is 3. The molecule has 2 heterocycles. The topological polar surface area (TPSA) is 53.9 Å². The number of hydrogen-bond donors (Lipinski definition) is 1. The van der Waals surface area contributed by atoms with Gasteiger partial charge in [0.15, 0.2) is 0 Å². The number of anilines is 1. The van der Waals surface area contributed by atoms with E-state index in [2.05, 4.69) is 32.3 Å². The molecule has 0 radical (unpaired) electrons. The molecule has 0 bridgehead atoms. The molecule has 0 unspecified atom stereocenters. The van der Waals surface area contributed by atoms with E-state index in [1.165, 1.54) is 6.42 Å². The maximum atomic E-state index is 4.52. The molecule has 0 atom stereocenters. The van der Waals surface area contributed by atoms with Crippen LogP contribution in [0.3, 0.4) is 0 Å². The van der Waals surface area contributed by atoms with Gasteiger partial charge in [-0.05, 0) is 39.7 Å². The highest BCUT2D eigenvalue weighted by Crippen LogP contribution is 2.16. The molecule has 5 nitrogen and oxygen atoms in total. The van der Waals surface area contributed by atoms with E-state index in [4.69, 9.17) is 0 Å². The van der Waals surface area contributed by atoms with Crippen molar-refractivity contribution in [1.29, 1.82) is 0 Å². The molecule has 0 aromatic carbocycles. The van der Waals surface area contributed by atoms with Crippen molar-refractivity contribution in [2.75, 3.05) is 24.5 Å². The molecule has 5 heteroatoms. The van der Waals surface area contributed by atoms with E-state index in [0.717, 1.165) is 49.8 Å². The van der Waals surface area contributed by atoms with Gasteiger partial charge in [-0.1, -0.05) is 6.92 Å². The van der Waals surface area contributed by atoms with Gasteiger partial charge >= 0.3 is 0 Å². The van der Waals surface area contributed by atoms with E-state index >= 15 is 0 Å². The lowest BCUT2D eigenvalue weighted by Crippen LogP contribution is -2.43. The fraction of sp³-hybridized carbons (Fsp3) is 0.769. The first-order valence-corrected chi connectivity index (χ1v) is 6.87. The molecule has 2 rings (SSSR count). The third kappa shape index (κ3) is 3.16. The van der Waals surface area contributed by atoms with Crippen LogP contribution in [0.4, 0.5) is 5.95 Å². The highest BCUT2D eigenvalue weighted by Gasteiger charge is 2.20. The van der Waals surface area contributed by atoms with Crippen LogP contribution >= 0.6 is 0 Å². The Bertz CT molecular complexity index is 385. The van der Waals surface area contributed by atoms with E-state index in [0.29, 0.717) is 6.04 Å². The summed E-state index contributed by atoms with van der Waals surface area (Å²) in [6.45, 7) is 9.29. The van der Waals surface area contributed by atoms with Crippen molar-refractivity contribution in [2.45, 2.75) is 46.1 Å². The molecule has 1 aromatic heterocycles. The molecule has 1 N–H and O–H groups in total. The third-order valence-electron chi connectivity index (χ3n) is 3.54. The summed E-state index contributed by atoms with van der Waals surface area (Å²) in [5.74, 6) is 0.784. The van der Waals surface area contributed by atoms with Crippen molar-refractivity contribution in [3.63, 3.8) is 0 Å². The van der Waals surface area contributed by atoms with Crippen LogP contribution in [0, 0.1) is 13.8 Å². The van der Waals surface area contributed by atoms with Crippen molar-refractivity contribution in [1.82, 2.24) is 20.5 Å². The lowest BCUT2D eigenvalue weighted by molar-refractivity contribution is 0.412.